The van der Waals surface area contributed by atoms with E-state index >= 15 is 0 Å². The first-order valence-electron chi connectivity index (χ1n) is 5.11. The van der Waals surface area contributed by atoms with Crippen molar-refractivity contribution < 1.29 is 19.6 Å². The van der Waals surface area contributed by atoms with E-state index in [4.69, 9.17) is 5.11 Å². The molecule has 0 saturated carbocycles. The number of ketones is 1. The minimum atomic E-state index is -1.37. The van der Waals surface area contributed by atoms with Crippen molar-refractivity contribution in [3.63, 3.8) is 0 Å². The molecule has 0 atom stereocenters. The summed E-state index contributed by atoms with van der Waals surface area (Å²) < 4.78 is 0. The number of aromatic carboxylic acids is 1. The maximum atomic E-state index is 12.2. The van der Waals surface area contributed by atoms with E-state index in [-0.39, 0.29) is 16.0 Å². The van der Waals surface area contributed by atoms with Gasteiger partial charge in [0.05, 0.1) is 15.4 Å². The van der Waals surface area contributed by atoms with Crippen LogP contribution in [0.1, 0.15) is 25.6 Å². The Labute approximate surface area is 111 Å². The van der Waals surface area contributed by atoms with Gasteiger partial charge in [-0.05, 0) is 17.5 Å². The molecule has 0 bridgehead atoms. The van der Waals surface area contributed by atoms with Crippen LogP contribution in [-0.4, -0.2) is 21.8 Å². The van der Waals surface area contributed by atoms with Gasteiger partial charge in [-0.3, -0.25) is 14.9 Å². The molecule has 19 heavy (non-hydrogen) atoms. The molecule has 1 aromatic heterocycles. The molecule has 1 heterocycles. The van der Waals surface area contributed by atoms with E-state index in [9.17, 15) is 19.7 Å². The predicted octanol–water partition coefficient (Wildman–Crippen LogP) is 2.59. The molecule has 2 aromatic rings. The smallest absolute Gasteiger partial charge is 0.336 e. The monoisotopic (exact) mass is 277 g/mol. The lowest BCUT2D eigenvalue weighted by molar-refractivity contribution is -0.385. The van der Waals surface area contributed by atoms with Crippen molar-refractivity contribution in [2.24, 2.45) is 0 Å². The molecule has 7 heteroatoms. The number of carboxylic acid groups (broad SMARTS) is 1. The Morgan fingerprint density at radius 3 is 2.47 bits per heavy atom. The van der Waals surface area contributed by atoms with Crippen LogP contribution in [0.4, 0.5) is 5.69 Å². The second kappa shape index (κ2) is 4.99. The zero-order valence-corrected chi connectivity index (χ0v) is 10.2. The first kappa shape index (κ1) is 12.9. The van der Waals surface area contributed by atoms with Gasteiger partial charge in [0, 0.05) is 6.07 Å². The van der Waals surface area contributed by atoms with Gasteiger partial charge in [-0.15, -0.1) is 11.3 Å². The van der Waals surface area contributed by atoms with Crippen LogP contribution in [0.3, 0.4) is 0 Å². The van der Waals surface area contributed by atoms with Crippen molar-refractivity contribution in [1.82, 2.24) is 0 Å². The Morgan fingerprint density at radius 1 is 1.21 bits per heavy atom. The fraction of sp³-hybridized carbons (Fsp3) is 0. The number of benzene rings is 1. The molecular weight excluding hydrogens is 270 g/mol. The summed E-state index contributed by atoms with van der Waals surface area (Å²) in [5.74, 6) is -2.02. The Hall–Kier alpha value is -2.54. The largest absolute Gasteiger partial charge is 0.478 e. The minimum Gasteiger partial charge on any atom is -0.478 e. The van der Waals surface area contributed by atoms with Crippen molar-refractivity contribution in [3.05, 3.63) is 61.8 Å². The number of carbonyl (C=O) groups excluding carboxylic acids is 1. The number of hydrogen-bond acceptors (Lipinski definition) is 5. The number of rotatable bonds is 4. The van der Waals surface area contributed by atoms with Crippen LogP contribution in [0.25, 0.3) is 0 Å². The highest BCUT2D eigenvalue weighted by Crippen LogP contribution is 2.27. The van der Waals surface area contributed by atoms with Crippen molar-refractivity contribution in [1.29, 1.82) is 0 Å². The number of hydrogen-bond donors (Lipinski definition) is 1. The molecule has 1 aromatic carbocycles. The molecule has 1 N–H and O–H groups in total. The van der Waals surface area contributed by atoms with Crippen LogP contribution in [0.15, 0.2) is 35.7 Å². The molecule has 0 saturated heterocycles. The van der Waals surface area contributed by atoms with Gasteiger partial charge in [0.1, 0.15) is 5.56 Å². The standard InChI is InChI=1S/C12H7NO5S/c14-11(9-5-2-6-19-9)10-7(12(15)16)3-1-4-8(10)13(17)18/h1-6H,(H,15,16). The molecule has 6 nitrogen and oxygen atoms in total. The van der Waals surface area contributed by atoms with Crippen molar-refractivity contribution in [2.45, 2.75) is 0 Å². The third-order valence-corrected chi connectivity index (χ3v) is 3.31. The van der Waals surface area contributed by atoms with Crippen LogP contribution in [0.2, 0.25) is 0 Å². The summed E-state index contributed by atoms with van der Waals surface area (Å²) in [5.41, 5.74) is -1.26. The Balaban J connectivity index is 2.68. The molecule has 0 aliphatic carbocycles. The SMILES string of the molecule is O=C(O)c1cccc([N+](=O)[O-])c1C(=O)c1cccs1. The fourth-order valence-corrected chi connectivity index (χ4v) is 2.31. The predicted molar refractivity (Wildman–Crippen MR) is 67.8 cm³/mol. The van der Waals surface area contributed by atoms with Crippen LogP contribution in [0, 0.1) is 10.1 Å². The molecule has 0 spiro atoms. The molecule has 0 unspecified atom stereocenters. The van der Waals surface area contributed by atoms with Gasteiger partial charge in [-0.1, -0.05) is 12.1 Å². The van der Waals surface area contributed by atoms with E-state index in [2.05, 4.69) is 0 Å². The molecule has 0 aliphatic heterocycles. The lowest BCUT2D eigenvalue weighted by Gasteiger charge is -2.04. The second-order valence-electron chi connectivity index (χ2n) is 3.57. The average molecular weight is 277 g/mol. The van der Waals surface area contributed by atoms with Gasteiger partial charge in [0.25, 0.3) is 5.69 Å². The van der Waals surface area contributed by atoms with E-state index in [1.807, 2.05) is 0 Å². The van der Waals surface area contributed by atoms with Crippen LogP contribution >= 0.6 is 11.3 Å². The number of nitro benzene ring substituents is 1. The van der Waals surface area contributed by atoms with Crippen LogP contribution in [0.5, 0.6) is 0 Å². The first-order valence-corrected chi connectivity index (χ1v) is 5.99. The Morgan fingerprint density at radius 2 is 1.95 bits per heavy atom. The summed E-state index contributed by atoms with van der Waals surface area (Å²) in [6.07, 6.45) is 0. The zero-order valence-electron chi connectivity index (χ0n) is 9.40. The number of carboxylic acids is 1. The van der Waals surface area contributed by atoms with E-state index in [0.29, 0.717) is 0 Å². The van der Waals surface area contributed by atoms with E-state index in [1.54, 1.807) is 11.4 Å². The van der Waals surface area contributed by atoms with Crippen molar-refractivity contribution in [3.8, 4) is 0 Å². The normalized spacial score (nSPS) is 10.1. The molecule has 0 amide bonds. The third kappa shape index (κ3) is 2.36. The van der Waals surface area contributed by atoms with Crippen molar-refractivity contribution >= 4 is 28.8 Å². The van der Waals surface area contributed by atoms with Gasteiger partial charge in [0.2, 0.25) is 5.78 Å². The molecule has 0 aliphatic rings. The zero-order chi connectivity index (χ0) is 14.0. The summed E-state index contributed by atoms with van der Waals surface area (Å²) >= 11 is 1.10. The number of nitrogens with zero attached hydrogens (tertiary/aromatic N) is 1. The highest BCUT2D eigenvalue weighted by atomic mass is 32.1. The summed E-state index contributed by atoms with van der Waals surface area (Å²) in [7, 11) is 0. The Kier molecular flexibility index (Phi) is 3.39. The lowest BCUT2D eigenvalue weighted by atomic mass is 10.0. The molecule has 2 rings (SSSR count). The maximum absolute atomic E-state index is 12.2. The molecule has 0 radical (unpaired) electrons. The fourth-order valence-electron chi connectivity index (χ4n) is 1.64. The quantitative estimate of drug-likeness (QED) is 0.526. The molecule has 0 fully saturated rings. The summed E-state index contributed by atoms with van der Waals surface area (Å²) in [6.45, 7) is 0. The highest BCUT2D eigenvalue weighted by molar-refractivity contribution is 7.12. The van der Waals surface area contributed by atoms with Gasteiger partial charge < -0.3 is 5.11 Å². The van der Waals surface area contributed by atoms with Crippen LogP contribution < -0.4 is 0 Å². The highest BCUT2D eigenvalue weighted by Gasteiger charge is 2.28. The van der Waals surface area contributed by atoms with Gasteiger partial charge in [-0.2, -0.15) is 0 Å². The van der Waals surface area contributed by atoms with E-state index in [1.165, 1.54) is 18.2 Å². The maximum Gasteiger partial charge on any atom is 0.336 e. The van der Waals surface area contributed by atoms with Crippen LogP contribution in [-0.2, 0) is 0 Å². The van der Waals surface area contributed by atoms with Gasteiger partial charge in [0.15, 0.2) is 0 Å². The Bertz CT molecular complexity index is 631. The second-order valence-corrected chi connectivity index (χ2v) is 4.52. The van der Waals surface area contributed by atoms with Gasteiger partial charge >= 0.3 is 5.97 Å². The topological polar surface area (TPSA) is 97.5 Å². The first-order chi connectivity index (χ1) is 9.02. The number of carbonyl (C=O) groups is 2. The summed E-state index contributed by atoms with van der Waals surface area (Å²) in [6, 6.07) is 6.65. The average Bonchev–Trinajstić information content (AvgIpc) is 2.90. The lowest BCUT2D eigenvalue weighted by Crippen LogP contribution is -2.11. The van der Waals surface area contributed by atoms with E-state index < -0.39 is 22.4 Å². The summed E-state index contributed by atoms with van der Waals surface area (Å²) in [5, 5.41) is 21.6. The number of thiophene rings is 1. The van der Waals surface area contributed by atoms with Crippen molar-refractivity contribution in [2.75, 3.05) is 0 Å². The minimum absolute atomic E-state index is 0.261. The van der Waals surface area contributed by atoms with Gasteiger partial charge in [-0.25, -0.2) is 4.79 Å². The third-order valence-electron chi connectivity index (χ3n) is 2.44. The van der Waals surface area contributed by atoms with E-state index in [0.717, 1.165) is 17.4 Å². The number of nitro groups is 1. The molecular formula is C12H7NO5S. The summed E-state index contributed by atoms with van der Waals surface area (Å²) in [4.78, 5) is 33.7. The molecule has 96 valence electrons.